The van der Waals surface area contributed by atoms with E-state index in [9.17, 15) is 0 Å². The highest BCUT2D eigenvalue weighted by Gasteiger charge is 2.19. The molecule has 0 fully saturated rings. The lowest BCUT2D eigenvalue weighted by molar-refractivity contribution is 0.391. The quantitative estimate of drug-likeness (QED) is 0.917. The number of aryl methyl sites for hydroxylation is 1. The maximum absolute atomic E-state index is 6.16. The van der Waals surface area contributed by atoms with E-state index in [0.29, 0.717) is 5.88 Å². The van der Waals surface area contributed by atoms with E-state index in [0.717, 1.165) is 24.9 Å². The van der Waals surface area contributed by atoms with E-state index >= 15 is 0 Å². The Hall–Kier alpha value is -1.81. The van der Waals surface area contributed by atoms with E-state index in [1.165, 1.54) is 17.5 Å². The highest BCUT2D eigenvalue weighted by atomic mass is 16.5. The van der Waals surface area contributed by atoms with Crippen LogP contribution in [0.1, 0.15) is 35.6 Å². The van der Waals surface area contributed by atoms with Crippen LogP contribution in [0.4, 0.5) is 0 Å². The van der Waals surface area contributed by atoms with Gasteiger partial charge in [0.1, 0.15) is 0 Å². The van der Waals surface area contributed by atoms with Crippen LogP contribution in [0, 0.1) is 0 Å². The molecule has 0 spiro atoms. The normalized spacial score (nSPS) is 18.1. The van der Waals surface area contributed by atoms with Crippen molar-refractivity contribution in [1.29, 1.82) is 0 Å². The molecule has 0 bridgehead atoms. The van der Waals surface area contributed by atoms with E-state index in [1.807, 2.05) is 12.1 Å². The minimum Gasteiger partial charge on any atom is -0.481 e. The summed E-state index contributed by atoms with van der Waals surface area (Å²) >= 11 is 0. The number of nitrogens with zero attached hydrogens (tertiary/aromatic N) is 2. The molecule has 2 N–H and O–H groups in total. The number of ether oxygens (including phenoxy) is 1. The van der Waals surface area contributed by atoms with Crippen LogP contribution >= 0.6 is 0 Å². The van der Waals surface area contributed by atoms with Gasteiger partial charge in [0.05, 0.1) is 13.7 Å². The zero-order valence-electron chi connectivity index (χ0n) is 11.2. The number of aromatic nitrogens is 2. The SMILES string of the molecule is COc1ncccc1Cn1cc2c(c1)C(N)CCC2. The molecule has 2 aromatic rings. The zero-order chi connectivity index (χ0) is 13.2. The summed E-state index contributed by atoms with van der Waals surface area (Å²) in [6, 6.07) is 4.18. The third kappa shape index (κ3) is 2.36. The van der Waals surface area contributed by atoms with Crippen molar-refractivity contribution >= 4 is 0 Å². The molecule has 1 unspecified atom stereocenters. The van der Waals surface area contributed by atoms with Crippen LogP contribution in [-0.2, 0) is 13.0 Å². The Kier molecular flexibility index (Phi) is 3.25. The number of methoxy groups -OCH3 is 1. The average Bonchev–Trinajstić information content (AvgIpc) is 2.83. The highest BCUT2D eigenvalue weighted by molar-refractivity contribution is 5.32. The second-order valence-corrected chi connectivity index (χ2v) is 5.08. The smallest absolute Gasteiger partial charge is 0.218 e. The third-order valence-corrected chi connectivity index (χ3v) is 3.75. The van der Waals surface area contributed by atoms with Gasteiger partial charge in [-0.1, -0.05) is 6.07 Å². The molecule has 0 amide bonds. The Balaban J connectivity index is 1.88. The molecule has 0 saturated carbocycles. The molecule has 0 aromatic carbocycles. The molecule has 2 aromatic heterocycles. The molecule has 0 radical (unpaired) electrons. The van der Waals surface area contributed by atoms with Crippen molar-refractivity contribution in [2.24, 2.45) is 5.73 Å². The van der Waals surface area contributed by atoms with E-state index < -0.39 is 0 Å². The summed E-state index contributed by atoms with van der Waals surface area (Å²) in [6.07, 6.45) is 9.55. The van der Waals surface area contributed by atoms with Crippen LogP contribution in [0.25, 0.3) is 0 Å². The Morgan fingerprint density at radius 1 is 1.47 bits per heavy atom. The van der Waals surface area contributed by atoms with Gasteiger partial charge in [0.2, 0.25) is 5.88 Å². The predicted octanol–water partition coefficient (Wildman–Crippen LogP) is 2.28. The molecular formula is C15H19N3O. The first-order valence-electron chi connectivity index (χ1n) is 6.70. The summed E-state index contributed by atoms with van der Waals surface area (Å²) in [6.45, 7) is 0.775. The lowest BCUT2D eigenvalue weighted by Gasteiger charge is -2.17. The highest BCUT2D eigenvalue weighted by Crippen LogP contribution is 2.29. The standard InChI is InChI=1S/C15H19N3O/c1-19-15-12(5-3-7-17-15)9-18-8-11-4-2-6-14(16)13(11)10-18/h3,5,7-8,10,14H,2,4,6,9,16H2,1H3. The Labute approximate surface area is 113 Å². The zero-order valence-corrected chi connectivity index (χ0v) is 11.2. The van der Waals surface area contributed by atoms with Gasteiger partial charge in [-0.2, -0.15) is 0 Å². The molecule has 100 valence electrons. The van der Waals surface area contributed by atoms with Crippen LogP contribution < -0.4 is 10.5 Å². The summed E-state index contributed by atoms with van der Waals surface area (Å²) in [4.78, 5) is 4.23. The van der Waals surface area contributed by atoms with Crippen molar-refractivity contribution in [2.75, 3.05) is 7.11 Å². The second kappa shape index (κ2) is 5.05. The molecule has 1 aliphatic rings. The maximum Gasteiger partial charge on any atom is 0.218 e. The van der Waals surface area contributed by atoms with E-state index in [1.54, 1.807) is 13.3 Å². The monoisotopic (exact) mass is 257 g/mol. The summed E-state index contributed by atoms with van der Waals surface area (Å²) < 4.78 is 7.48. The molecule has 4 nitrogen and oxygen atoms in total. The summed E-state index contributed by atoms with van der Waals surface area (Å²) in [5.41, 5.74) is 9.94. The molecule has 0 aliphatic heterocycles. The van der Waals surface area contributed by atoms with Crippen molar-refractivity contribution in [3.63, 3.8) is 0 Å². The van der Waals surface area contributed by atoms with Crippen LogP contribution in [-0.4, -0.2) is 16.7 Å². The molecule has 2 heterocycles. The Morgan fingerprint density at radius 3 is 3.16 bits per heavy atom. The minimum absolute atomic E-state index is 0.195. The van der Waals surface area contributed by atoms with Gasteiger partial charge in [-0.3, -0.25) is 0 Å². The van der Waals surface area contributed by atoms with Gasteiger partial charge in [-0.25, -0.2) is 4.98 Å². The Bertz CT molecular complexity index is 577. The van der Waals surface area contributed by atoms with Crippen molar-refractivity contribution < 1.29 is 4.74 Å². The lowest BCUT2D eigenvalue weighted by atomic mass is 9.92. The number of rotatable bonds is 3. The van der Waals surface area contributed by atoms with Crippen molar-refractivity contribution in [3.8, 4) is 5.88 Å². The van der Waals surface area contributed by atoms with Crippen LogP contribution in [0.15, 0.2) is 30.7 Å². The first-order chi connectivity index (χ1) is 9.28. The molecule has 3 rings (SSSR count). The van der Waals surface area contributed by atoms with Gasteiger partial charge in [0.25, 0.3) is 0 Å². The van der Waals surface area contributed by atoms with Crippen LogP contribution in [0.3, 0.4) is 0 Å². The first kappa shape index (κ1) is 12.2. The average molecular weight is 257 g/mol. The summed E-state index contributed by atoms with van der Waals surface area (Å²) in [5, 5.41) is 0. The number of fused-ring (bicyclic) bond motifs is 1. The summed E-state index contributed by atoms with van der Waals surface area (Å²) in [7, 11) is 1.66. The number of nitrogens with two attached hydrogens (primary N) is 1. The van der Waals surface area contributed by atoms with E-state index in [2.05, 4.69) is 21.9 Å². The van der Waals surface area contributed by atoms with E-state index in [4.69, 9.17) is 10.5 Å². The fourth-order valence-electron chi connectivity index (χ4n) is 2.80. The minimum atomic E-state index is 0.195. The Morgan fingerprint density at radius 2 is 2.37 bits per heavy atom. The lowest BCUT2D eigenvalue weighted by Crippen LogP contribution is -2.15. The topological polar surface area (TPSA) is 53.1 Å². The fraction of sp³-hybridized carbons (Fsp3) is 0.400. The third-order valence-electron chi connectivity index (χ3n) is 3.75. The van der Waals surface area contributed by atoms with Gasteiger partial charge >= 0.3 is 0 Å². The number of pyridine rings is 1. The van der Waals surface area contributed by atoms with E-state index in [-0.39, 0.29) is 6.04 Å². The molecule has 0 saturated heterocycles. The predicted molar refractivity (Wildman–Crippen MR) is 74.2 cm³/mol. The molecule has 1 aliphatic carbocycles. The fourth-order valence-corrected chi connectivity index (χ4v) is 2.80. The molecule has 19 heavy (non-hydrogen) atoms. The van der Waals surface area contributed by atoms with Crippen molar-refractivity contribution in [2.45, 2.75) is 31.8 Å². The first-order valence-corrected chi connectivity index (χ1v) is 6.70. The van der Waals surface area contributed by atoms with Gasteiger partial charge in [-0.05, 0) is 36.5 Å². The van der Waals surface area contributed by atoms with Gasteiger partial charge < -0.3 is 15.0 Å². The van der Waals surface area contributed by atoms with Crippen LogP contribution in [0.2, 0.25) is 0 Å². The molecule has 1 atom stereocenters. The molecular weight excluding hydrogens is 238 g/mol. The van der Waals surface area contributed by atoms with Crippen molar-refractivity contribution in [3.05, 3.63) is 47.4 Å². The van der Waals surface area contributed by atoms with Gasteiger partial charge in [0, 0.05) is 30.2 Å². The largest absolute Gasteiger partial charge is 0.481 e. The summed E-state index contributed by atoms with van der Waals surface area (Å²) in [5.74, 6) is 0.693. The maximum atomic E-state index is 6.16. The molecule has 4 heteroatoms. The van der Waals surface area contributed by atoms with Gasteiger partial charge in [0.15, 0.2) is 0 Å². The van der Waals surface area contributed by atoms with Crippen LogP contribution in [0.5, 0.6) is 5.88 Å². The van der Waals surface area contributed by atoms with Gasteiger partial charge in [-0.15, -0.1) is 0 Å². The van der Waals surface area contributed by atoms with Crippen molar-refractivity contribution in [1.82, 2.24) is 9.55 Å². The number of hydrogen-bond acceptors (Lipinski definition) is 3. The number of hydrogen-bond donors (Lipinski definition) is 1. The second-order valence-electron chi connectivity index (χ2n) is 5.08.